The normalized spacial score (nSPS) is 14.2. The molecule has 0 saturated carbocycles. The van der Waals surface area contributed by atoms with Crippen LogP contribution in [0.5, 0.6) is 0 Å². The monoisotopic (exact) mass is 426 g/mol. The molecule has 0 atom stereocenters. The Bertz CT molecular complexity index is 1190. The standard InChI is InChI=1S/C25H19ClN4O/c26-20-3-1-19(2-4-20)21-9-14-29-23-22(21)25(24(31)30-23,15-17-5-10-27-11-6-17)16-18-7-12-28-13-8-18/h1-14H,15-16H2,(H,29,30,31). The van der Waals surface area contributed by atoms with Gasteiger partial charge in [0.25, 0.3) is 0 Å². The summed E-state index contributed by atoms with van der Waals surface area (Å²) in [7, 11) is 0. The Kier molecular flexibility index (Phi) is 4.96. The van der Waals surface area contributed by atoms with E-state index in [1.807, 2.05) is 54.6 Å². The summed E-state index contributed by atoms with van der Waals surface area (Å²) >= 11 is 6.12. The van der Waals surface area contributed by atoms with Gasteiger partial charge >= 0.3 is 0 Å². The lowest BCUT2D eigenvalue weighted by atomic mass is 9.70. The smallest absolute Gasteiger partial charge is 0.237 e. The zero-order valence-electron chi connectivity index (χ0n) is 16.6. The Labute approximate surface area is 185 Å². The van der Waals surface area contributed by atoms with Crippen molar-refractivity contribution in [1.29, 1.82) is 0 Å². The van der Waals surface area contributed by atoms with Crippen LogP contribution in [0.3, 0.4) is 0 Å². The summed E-state index contributed by atoms with van der Waals surface area (Å²) in [5, 5.41) is 3.71. The van der Waals surface area contributed by atoms with Gasteiger partial charge in [0.1, 0.15) is 5.82 Å². The predicted octanol–water partition coefficient (Wildman–Crippen LogP) is 4.87. The first kappa shape index (κ1) is 19.4. The van der Waals surface area contributed by atoms with Gasteiger partial charge in [0.15, 0.2) is 0 Å². The van der Waals surface area contributed by atoms with Gasteiger partial charge in [0.05, 0.1) is 5.41 Å². The molecule has 1 N–H and O–H groups in total. The highest BCUT2D eigenvalue weighted by Gasteiger charge is 2.49. The number of pyridine rings is 3. The maximum atomic E-state index is 13.6. The van der Waals surface area contributed by atoms with Crippen molar-refractivity contribution in [3.05, 3.63) is 107 Å². The molecule has 31 heavy (non-hydrogen) atoms. The minimum absolute atomic E-state index is 0.0509. The molecule has 0 fully saturated rings. The molecule has 5 rings (SSSR count). The molecule has 0 aliphatic carbocycles. The van der Waals surface area contributed by atoms with Crippen LogP contribution >= 0.6 is 11.6 Å². The van der Waals surface area contributed by atoms with Crippen molar-refractivity contribution in [2.45, 2.75) is 18.3 Å². The average molecular weight is 427 g/mol. The van der Waals surface area contributed by atoms with Gasteiger partial charge in [-0.3, -0.25) is 14.8 Å². The maximum Gasteiger partial charge on any atom is 0.237 e. The zero-order valence-corrected chi connectivity index (χ0v) is 17.4. The molecule has 4 aromatic rings. The first-order valence-corrected chi connectivity index (χ1v) is 10.4. The minimum atomic E-state index is -0.818. The third-order valence-electron chi connectivity index (χ3n) is 5.76. The molecule has 152 valence electrons. The number of anilines is 1. The molecule has 4 heterocycles. The first-order chi connectivity index (χ1) is 15.2. The van der Waals surface area contributed by atoms with E-state index in [4.69, 9.17) is 11.6 Å². The summed E-state index contributed by atoms with van der Waals surface area (Å²) in [6.07, 6.45) is 9.82. The number of nitrogens with zero attached hydrogens (tertiary/aromatic N) is 3. The lowest BCUT2D eigenvalue weighted by molar-refractivity contribution is -0.120. The molecule has 1 aromatic carbocycles. The highest BCUT2D eigenvalue weighted by atomic mass is 35.5. The lowest BCUT2D eigenvalue weighted by Gasteiger charge is -2.29. The van der Waals surface area contributed by atoms with E-state index >= 15 is 0 Å². The van der Waals surface area contributed by atoms with Gasteiger partial charge in [-0.05, 0) is 77.6 Å². The van der Waals surface area contributed by atoms with Gasteiger partial charge in [0, 0.05) is 41.6 Å². The second-order valence-corrected chi connectivity index (χ2v) is 8.13. The van der Waals surface area contributed by atoms with E-state index in [0.29, 0.717) is 23.7 Å². The molecular weight excluding hydrogens is 408 g/mol. The zero-order chi connectivity index (χ0) is 21.3. The second-order valence-electron chi connectivity index (χ2n) is 7.69. The van der Waals surface area contributed by atoms with Crippen molar-refractivity contribution in [3.8, 4) is 11.1 Å². The van der Waals surface area contributed by atoms with E-state index in [1.54, 1.807) is 31.0 Å². The third-order valence-corrected chi connectivity index (χ3v) is 6.01. The van der Waals surface area contributed by atoms with Crippen molar-refractivity contribution >= 4 is 23.3 Å². The van der Waals surface area contributed by atoms with Crippen LogP contribution in [-0.2, 0) is 23.1 Å². The predicted molar refractivity (Wildman–Crippen MR) is 121 cm³/mol. The van der Waals surface area contributed by atoms with Crippen LogP contribution in [0.4, 0.5) is 5.82 Å². The molecule has 5 nitrogen and oxygen atoms in total. The van der Waals surface area contributed by atoms with E-state index in [9.17, 15) is 4.79 Å². The number of carbonyl (C=O) groups is 1. The number of halogens is 1. The molecule has 1 amide bonds. The summed E-state index contributed by atoms with van der Waals surface area (Å²) < 4.78 is 0. The van der Waals surface area contributed by atoms with E-state index in [1.165, 1.54) is 0 Å². The summed E-state index contributed by atoms with van der Waals surface area (Å²) in [4.78, 5) is 26.4. The highest BCUT2D eigenvalue weighted by Crippen LogP contribution is 2.46. The number of amides is 1. The first-order valence-electron chi connectivity index (χ1n) is 10.0. The van der Waals surface area contributed by atoms with Crippen molar-refractivity contribution < 1.29 is 4.79 Å². The topological polar surface area (TPSA) is 67.8 Å². The van der Waals surface area contributed by atoms with Gasteiger partial charge < -0.3 is 5.32 Å². The third kappa shape index (κ3) is 3.57. The highest BCUT2D eigenvalue weighted by molar-refractivity contribution is 6.30. The van der Waals surface area contributed by atoms with Crippen LogP contribution in [0.15, 0.2) is 85.6 Å². The van der Waals surface area contributed by atoms with Gasteiger partial charge in [0.2, 0.25) is 5.91 Å². The number of benzene rings is 1. The van der Waals surface area contributed by atoms with Gasteiger partial charge in [-0.25, -0.2) is 4.98 Å². The van der Waals surface area contributed by atoms with Gasteiger partial charge in [-0.1, -0.05) is 23.7 Å². The summed E-state index contributed by atoms with van der Waals surface area (Å²) in [6.45, 7) is 0. The van der Waals surface area contributed by atoms with Crippen molar-refractivity contribution in [1.82, 2.24) is 15.0 Å². The van der Waals surface area contributed by atoms with Crippen LogP contribution < -0.4 is 5.32 Å². The van der Waals surface area contributed by atoms with Crippen LogP contribution in [0.2, 0.25) is 5.02 Å². The van der Waals surface area contributed by atoms with E-state index < -0.39 is 5.41 Å². The SMILES string of the molecule is O=C1Nc2nccc(-c3ccc(Cl)cc3)c2C1(Cc1ccncc1)Cc1ccncc1. The number of fused-ring (bicyclic) bond motifs is 1. The van der Waals surface area contributed by atoms with E-state index in [2.05, 4.69) is 20.3 Å². The second kappa shape index (κ2) is 7.93. The Morgan fingerprint density at radius 3 is 1.94 bits per heavy atom. The van der Waals surface area contributed by atoms with Gasteiger partial charge in [-0.2, -0.15) is 0 Å². The molecule has 1 aliphatic heterocycles. The van der Waals surface area contributed by atoms with Crippen molar-refractivity contribution in [3.63, 3.8) is 0 Å². The fraction of sp³-hybridized carbons (Fsp3) is 0.120. The number of nitrogens with one attached hydrogen (secondary N) is 1. The largest absolute Gasteiger partial charge is 0.310 e. The number of rotatable bonds is 5. The fourth-order valence-electron chi connectivity index (χ4n) is 4.35. The minimum Gasteiger partial charge on any atom is -0.310 e. The Balaban J connectivity index is 1.72. The van der Waals surface area contributed by atoms with Crippen LogP contribution in [0.25, 0.3) is 11.1 Å². The number of hydrogen-bond donors (Lipinski definition) is 1. The van der Waals surface area contributed by atoms with Crippen molar-refractivity contribution in [2.24, 2.45) is 0 Å². The molecule has 1 aliphatic rings. The number of carbonyl (C=O) groups excluding carboxylic acids is 1. The molecule has 0 bridgehead atoms. The van der Waals surface area contributed by atoms with Crippen LogP contribution in [0, 0.1) is 0 Å². The molecule has 6 heteroatoms. The quantitative estimate of drug-likeness (QED) is 0.494. The lowest BCUT2D eigenvalue weighted by Crippen LogP contribution is -2.39. The molecule has 0 spiro atoms. The molecule has 0 unspecified atom stereocenters. The van der Waals surface area contributed by atoms with Gasteiger partial charge in [-0.15, -0.1) is 0 Å². The Hall–Kier alpha value is -3.57. The Morgan fingerprint density at radius 1 is 0.774 bits per heavy atom. The average Bonchev–Trinajstić information content (AvgIpc) is 3.07. The summed E-state index contributed by atoms with van der Waals surface area (Å²) in [5.41, 5.74) is 4.14. The molecule has 3 aromatic heterocycles. The van der Waals surface area contributed by atoms with Crippen LogP contribution in [-0.4, -0.2) is 20.9 Å². The van der Waals surface area contributed by atoms with E-state index in [-0.39, 0.29) is 5.91 Å². The fourth-order valence-corrected chi connectivity index (χ4v) is 4.48. The number of aromatic nitrogens is 3. The Morgan fingerprint density at radius 2 is 1.35 bits per heavy atom. The van der Waals surface area contributed by atoms with Crippen molar-refractivity contribution in [2.75, 3.05) is 5.32 Å². The molecule has 0 saturated heterocycles. The summed E-state index contributed by atoms with van der Waals surface area (Å²) in [6, 6.07) is 17.5. The number of hydrogen-bond acceptors (Lipinski definition) is 4. The maximum absolute atomic E-state index is 13.6. The molecule has 0 radical (unpaired) electrons. The molecular formula is C25H19ClN4O. The van der Waals surface area contributed by atoms with E-state index in [0.717, 1.165) is 27.8 Å². The van der Waals surface area contributed by atoms with Crippen LogP contribution in [0.1, 0.15) is 16.7 Å². The summed E-state index contributed by atoms with van der Waals surface area (Å²) in [5.74, 6) is 0.561.